The lowest BCUT2D eigenvalue weighted by Crippen LogP contribution is -2.31. The van der Waals surface area contributed by atoms with Crippen molar-refractivity contribution in [3.05, 3.63) is 101 Å². The van der Waals surface area contributed by atoms with Crippen molar-refractivity contribution in [3.63, 3.8) is 0 Å². The van der Waals surface area contributed by atoms with Gasteiger partial charge in [-0.05, 0) is 29.8 Å². The van der Waals surface area contributed by atoms with Crippen LogP contribution in [-0.2, 0) is 18.8 Å². The van der Waals surface area contributed by atoms with Crippen LogP contribution in [-0.4, -0.2) is 36.7 Å². The molecule has 5 aromatic rings. The van der Waals surface area contributed by atoms with E-state index in [9.17, 15) is 18.3 Å². The Kier molecular flexibility index (Phi) is 6.09. The monoisotopic (exact) mass is 525 g/mol. The molecule has 0 amide bonds. The fourth-order valence-electron chi connectivity index (χ4n) is 4.28. The van der Waals surface area contributed by atoms with Crippen LogP contribution in [0.5, 0.6) is 5.88 Å². The van der Waals surface area contributed by atoms with Crippen molar-refractivity contribution in [3.8, 4) is 17.0 Å². The van der Waals surface area contributed by atoms with E-state index in [-0.39, 0.29) is 5.56 Å². The predicted octanol–water partition coefficient (Wildman–Crippen LogP) is 5.39. The molecule has 0 bridgehead atoms. The van der Waals surface area contributed by atoms with Crippen molar-refractivity contribution in [2.75, 3.05) is 7.11 Å². The zero-order valence-corrected chi connectivity index (χ0v) is 20.3. The third-order valence-corrected chi connectivity index (χ3v) is 6.50. The molecule has 4 aromatic heterocycles. The van der Waals surface area contributed by atoms with Gasteiger partial charge in [-0.2, -0.15) is 13.2 Å². The number of aliphatic hydroxyl groups is 1. The number of halogens is 4. The summed E-state index contributed by atoms with van der Waals surface area (Å²) in [6.07, 6.45) is 2.57. The van der Waals surface area contributed by atoms with Crippen molar-refractivity contribution in [1.82, 2.24) is 24.5 Å². The Labute approximate surface area is 214 Å². The molecule has 0 aliphatic rings. The first-order valence-electron chi connectivity index (χ1n) is 11.0. The second-order valence-electron chi connectivity index (χ2n) is 8.31. The normalized spacial score (nSPS) is 13.5. The maximum absolute atomic E-state index is 13.2. The SMILES string of the molecule is COc1nc2ccc(C(O)(c3ccc(C(F)(F)F)nc3)c3cncn3C)cc2c(Cl)c1-c1cccnc1. The highest BCUT2D eigenvalue weighted by molar-refractivity contribution is 6.38. The third kappa shape index (κ3) is 4.17. The molecule has 188 valence electrons. The van der Waals surface area contributed by atoms with E-state index in [2.05, 4.69) is 19.9 Å². The molecular weight excluding hydrogens is 507 g/mol. The molecule has 0 spiro atoms. The van der Waals surface area contributed by atoms with Gasteiger partial charge in [-0.15, -0.1) is 0 Å². The quantitative estimate of drug-likeness (QED) is 0.331. The molecule has 1 atom stereocenters. The Hall–Kier alpha value is -4.02. The standard InChI is InChI=1S/C26H19ClF3N5O2/c1-35-14-32-13-21(35)25(36,17-6-8-20(33-12-17)26(28,29)30)16-5-7-19-18(10-16)23(27)22(24(34-19)37-2)15-4-3-9-31-11-15/h3-14,36H,1-2H3. The van der Waals surface area contributed by atoms with Crippen molar-refractivity contribution >= 4 is 22.5 Å². The molecule has 5 rings (SSSR count). The number of hydrogen-bond acceptors (Lipinski definition) is 6. The van der Waals surface area contributed by atoms with E-state index >= 15 is 0 Å². The Morgan fingerprint density at radius 1 is 1.00 bits per heavy atom. The van der Waals surface area contributed by atoms with Gasteiger partial charge < -0.3 is 14.4 Å². The Morgan fingerprint density at radius 3 is 2.38 bits per heavy atom. The summed E-state index contributed by atoms with van der Waals surface area (Å²) < 4.78 is 46.5. The van der Waals surface area contributed by atoms with Crippen LogP contribution < -0.4 is 4.74 Å². The van der Waals surface area contributed by atoms with Crippen LogP contribution in [0.3, 0.4) is 0 Å². The zero-order valence-electron chi connectivity index (χ0n) is 19.5. The number of benzene rings is 1. The van der Waals surface area contributed by atoms with Crippen LogP contribution in [0.4, 0.5) is 13.2 Å². The van der Waals surface area contributed by atoms with Gasteiger partial charge in [-0.3, -0.25) is 9.97 Å². The molecule has 0 saturated heterocycles. The highest BCUT2D eigenvalue weighted by Crippen LogP contribution is 2.43. The molecule has 1 aromatic carbocycles. The maximum Gasteiger partial charge on any atom is 0.433 e. The van der Waals surface area contributed by atoms with E-state index in [1.165, 1.54) is 25.7 Å². The molecule has 0 aliphatic heterocycles. The number of imidazole rings is 1. The van der Waals surface area contributed by atoms with Gasteiger partial charge in [0.15, 0.2) is 5.60 Å². The minimum Gasteiger partial charge on any atom is -0.480 e. The average Bonchev–Trinajstić information content (AvgIpc) is 3.34. The van der Waals surface area contributed by atoms with Crippen LogP contribution in [0.25, 0.3) is 22.0 Å². The lowest BCUT2D eigenvalue weighted by atomic mass is 9.83. The Morgan fingerprint density at radius 2 is 1.78 bits per heavy atom. The molecule has 1 N–H and O–H groups in total. The summed E-state index contributed by atoms with van der Waals surface area (Å²) in [5.41, 5.74) is -0.518. The van der Waals surface area contributed by atoms with Crippen molar-refractivity contribution < 1.29 is 23.0 Å². The molecule has 0 radical (unpaired) electrons. The summed E-state index contributed by atoms with van der Waals surface area (Å²) in [4.78, 5) is 16.4. The Balaban J connectivity index is 1.76. The number of hydrogen-bond donors (Lipinski definition) is 1. The smallest absolute Gasteiger partial charge is 0.433 e. The largest absolute Gasteiger partial charge is 0.480 e. The summed E-state index contributed by atoms with van der Waals surface area (Å²) >= 11 is 6.87. The summed E-state index contributed by atoms with van der Waals surface area (Å²) in [7, 11) is 3.16. The third-order valence-electron chi connectivity index (χ3n) is 6.11. The topological polar surface area (TPSA) is 86.0 Å². The van der Waals surface area contributed by atoms with Crippen LogP contribution in [0.2, 0.25) is 5.02 Å². The van der Waals surface area contributed by atoms with E-state index in [0.717, 1.165) is 12.3 Å². The number of rotatable bonds is 5. The number of ether oxygens (including phenoxy) is 1. The molecular formula is C26H19ClF3N5O2. The van der Waals surface area contributed by atoms with Gasteiger partial charge in [-0.25, -0.2) is 9.97 Å². The number of aryl methyl sites for hydroxylation is 1. The molecule has 4 heterocycles. The first kappa shape index (κ1) is 24.7. The van der Waals surface area contributed by atoms with E-state index in [0.29, 0.717) is 44.2 Å². The van der Waals surface area contributed by atoms with Crippen LogP contribution in [0.15, 0.2) is 73.6 Å². The van der Waals surface area contributed by atoms with Crippen LogP contribution >= 0.6 is 11.6 Å². The summed E-state index contributed by atoms with van der Waals surface area (Å²) in [6, 6.07) is 10.5. The fraction of sp³-hybridized carbons (Fsp3) is 0.154. The summed E-state index contributed by atoms with van der Waals surface area (Å²) in [6.45, 7) is 0. The van der Waals surface area contributed by atoms with Gasteiger partial charge in [0, 0.05) is 42.2 Å². The predicted molar refractivity (Wildman–Crippen MR) is 131 cm³/mol. The minimum absolute atomic E-state index is 0.119. The number of methoxy groups -OCH3 is 1. The van der Waals surface area contributed by atoms with Crippen molar-refractivity contribution in [1.29, 1.82) is 0 Å². The van der Waals surface area contributed by atoms with E-state index in [1.807, 2.05) is 6.07 Å². The average molecular weight is 526 g/mol. The molecule has 0 aliphatic carbocycles. The van der Waals surface area contributed by atoms with E-state index in [4.69, 9.17) is 16.3 Å². The number of nitrogens with zero attached hydrogens (tertiary/aromatic N) is 5. The number of fused-ring (bicyclic) bond motifs is 1. The molecule has 0 fully saturated rings. The van der Waals surface area contributed by atoms with E-state index in [1.54, 1.807) is 48.3 Å². The number of aromatic nitrogens is 5. The maximum atomic E-state index is 13.2. The summed E-state index contributed by atoms with van der Waals surface area (Å²) in [5, 5.41) is 13.0. The van der Waals surface area contributed by atoms with Gasteiger partial charge >= 0.3 is 6.18 Å². The molecule has 11 heteroatoms. The first-order chi connectivity index (χ1) is 17.6. The highest BCUT2D eigenvalue weighted by Gasteiger charge is 2.39. The van der Waals surface area contributed by atoms with Crippen LogP contribution in [0.1, 0.15) is 22.5 Å². The lowest BCUT2D eigenvalue weighted by Gasteiger charge is -2.30. The lowest BCUT2D eigenvalue weighted by molar-refractivity contribution is -0.141. The van der Waals surface area contributed by atoms with Gasteiger partial charge in [0.2, 0.25) is 5.88 Å². The van der Waals surface area contributed by atoms with Gasteiger partial charge in [-0.1, -0.05) is 29.8 Å². The fourth-order valence-corrected chi connectivity index (χ4v) is 4.62. The van der Waals surface area contributed by atoms with E-state index < -0.39 is 17.5 Å². The van der Waals surface area contributed by atoms with Gasteiger partial charge in [0.05, 0.1) is 41.4 Å². The molecule has 1 unspecified atom stereocenters. The Bertz CT molecular complexity index is 1590. The molecule has 37 heavy (non-hydrogen) atoms. The highest BCUT2D eigenvalue weighted by atomic mass is 35.5. The van der Waals surface area contributed by atoms with Crippen molar-refractivity contribution in [2.24, 2.45) is 7.05 Å². The summed E-state index contributed by atoms with van der Waals surface area (Å²) in [5.74, 6) is 0.298. The van der Waals surface area contributed by atoms with Gasteiger partial charge in [0.1, 0.15) is 5.69 Å². The molecule has 7 nitrogen and oxygen atoms in total. The van der Waals surface area contributed by atoms with Crippen LogP contribution in [0, 0.1) is 0 Å². The number of alkyl halides is 3. The van der Waals surface area contributed by atoms with Crippen molar-refractivity contribution in [2.45, 2.75) is 11.8 Å². The molecule has 0 saturated carbocycles. The van der Waals surface area contributed by atoms with Gasteiger partial charge in [0.25, 0.3) is 0 Å². The zero-order chi connectivity index (χ0) is 26.4. The first-order valence-corrected chi connectivity index (χ1v) is 11.3. The second-order valence-corrected chi connectivity index (χ2v) is 8.69. The number of pyridine rings is 3. The second kappa shape index (κ2) is 9.13. The minimum atomic E-state index is -4.62.